The normalized spacial score (nSPS) is 15.4. The molecule has 0 aromatic heterocycles. The molecule has 0 radical (unpaired) electrons. The molecule has 1 aliphatic heterocycles. The Kier molecular flexibility index (Phi) is 6.16. The van der Waals surface area contributed by atoms with Crippen LogP contribution in [0.3, 0.4) is 0 Å². The van der Waals surface area contributed by atoms with Crippen molar-refractivity contribution in [2.75, 3.05) is 0 Å². The molecule has 170 valence electrons. The van der Waals surface area contributed by atoms with Crippen molar-refractivity contribution in [2.45, 2.75) is 58.8 Å². The van der Waals surface area contributed by atoms with Gasteiger partial charge in [0.1, 0.15) is 28.3 Å². The highest BCUT2D eigenvalue weighted by atomic mass is 16.7. The van der Waals surface area contributed by atoms with Gasteiger partial charge in [0.25, 0.3) is 0 Å². The number of esters is 1. The fourth-order valence-electron chi connectivity index (χ4n) is 3.03. The maximum Gasteiger partial charge on any atom is 0.514 e. The molecule has 1 unspecified atom stereocenters. The van der Waals surface area contributed by atoms with Gasteiger partial charge < -0.3 is 23.7 Å². The summed E-state index contributed by atoms with van der Waals surface area (Å²) in [6, 6.07) is 11.7. The van der Waals surface area contributed by atoms with E-state index in [9.17, 15) is 14.4 Å². The Bertz CT molecular complexity index is 1030. The van der Waals surface area contributed by atoms with Gasteiger partial charge >= 0.3 is 18.3 Å². The van der Waals surface area contributed by atoms with Crippen LogP contribution >= 0.6 is 0 Å². The van der Waals surface area contributed by atoms with Crippen molar-refractivity contribution in [2.24, 2.45) is 0 Å². The quantitative estimate of drug-likeness (QED) is 0.345. The van der Waals surface area contributed by atoms with Crippen LogP contribution in [0.1, 0.15) is 69.1 Å². The lowest BCUT2D eigenvalue weighted by Crippen LogP contribution is -2.27. The summed E-state index contributed by atoms with van der Waals surface area (Å²) in [5.41, 5.74) is -0.667. The van der Waals surface area contributed by atoms with E-state index in [1.54, 1.807) is 65.8 Å². The number of carbonyl (C=O) groups is 3. The summed E-state index contributed by atoms with van der Waals surface area (Å²) in [5.74, 6) is -0.721. The summed E-state index contributed by atoms with van der Waals surface area (Å²) in [6.07, 6.45) is -2.78. The number of benzene rings is 2. The van der Waals surface area contributed by atoms with Crippen molar-refractivity contribution in [1.29, 1.82) is 0 Å². The maximum atomic E-state index is 12.8. The van der Waals surface area contributed by atoms with E-state index in [1.165, 1.54) is 12.1 Å². The molecular weight excluding hydrogens is 416 g/mol. The van der Waals surface area contributed by atoms with E-state index in [0.29, 0.717) is 5.56 Å². The van der Waals surface area contributed by atoms with Crippen LogP contribution in [0.5, 0.6) is 11.5 Å². The summed E-state index contributed by atoms with van der Waals surface area (Å²) < 4.78 is 26.7. The van der Waals surface area contributed by atoms with Gasteiger partial charge in [0.05, 0.1) is 5.56 Å². The number of cyclic esters (lactones) is 1. The van der Waals surface area contributed by atoms with E-state index in [4.69, 9.17) is 23.7 Å². The molecule has 0 saturated carbocycles. The Hall–Kier alpha value is -3.55. The highest BCUT2D eigenvalue weighted by Gasteiger charge is 2.40. The highest BCUT2D eigenvalue weighted by Crippen LogP contribution is 2.45. The van der Waals surface area contributed by atoms with E-state index in [2.05, 4.69) is 0 Å². The van der Waals surface area contributed by atoms with Gasteiger partial charge in [0, 0.05) is 0 Å². The lowest BCUT2D eigenvalue weighted by Gasteiger charge is -2.21. The molecule has 3 rings (SSSR count). The predicted octanol–water partition coefficient (Wildman–Crippen LogP) is 5.57. The second-order valence-corrected chi connectivity index (χ2v) is 9.18. The molecule has 32 heavy (non-hydrogen) atoms. The molecule has 0 amide bonds. The number of hydrogen-bond donors (Lipinski definition) is 0. The van der Waals surface area contributed by atoms with Gasteiger partial charge in [-0.1, -0.05) is 30.3 Å². The minimum absolute atomic E-state index is 0.0224. The zero-order valence-corrected chi connectivity index (χ0v) is 18.9. The molecule has 2 aromatic rings. The van der Waals surface area contributed by atoms with Crippen LogP contribution in [0.25, 0.3) is 0 Å². The van der Waals surface area contributed by atoms with Crippen molar-refractivity contribution < 1.29 is 38.1 Å². The van der Waals surface area contributed by atoms with Crippen molar-refractivity contribution in [3.05, 3.63) is 59.2 Å². The van der Waals surface area contributed by atoms with Crippen LogP contribution in [0.4, 0.5) is 9.59 Å². The minimum atomic E-state index is -0.975. The molecule has 1 heterocycles. The van der Waals surface area contributed by atoms with Crippen LogP contribution < -0.4 is 9.47 Å². The van der Waals surface area contributed by atoms with E-state index >= 15 is 0 Å². The van der Waals surface area contributed by atoms with Gasteiger partial charge in [-0.15, -0.1) is 0 Å². The van der Waals surface area contributed by atoms with Gasteiger partial charge in [0.2, 0.25) is 0 Å². The Morgan fingerprint density at radius 1 is 0.781 bits per heavy atom. The Morgan fingerprint density at radius 3 is 1.81 bits per heavy atom. The van der Waals surface area contributed by atoms with Crippen LogP contribution in [0.15, 0.2) is 42.5 Å². The molecule has 0 fully saturated rings. The SMILES string of the molecule is CC(C)(C)OC(=O)Oc1ccc(OC(=O)OC(C)(C)C)c2c1C(=O)OC2c1ccccc1. The smallest absolute Gasteiger partial charge is 0.449 e. The van der Waals surface area contributed by atoms with E-state index < -0.39 is 35.6 Å². The fraction of sp³-hybridized carbons (Fsp3) is 0.375. The lowest BCUT2D eigenvalue weighted by atomic mass is 9.97. The first-order valence-corrected chi connectivity index (χ1v) is 10.1. The average molecular weight is 442 g/mol. The topological polar surface area (TPSA) is 97.4 Å². The first-order valence-electron chi connectivity index (χ1n) is 10.1. The van der Waals surface area contributed by atoms with Crippen LogP contribution in [0.2, 0.25) is 0 Å². The predicted molar refractivity (Wildman–Crippen MR) is 114 cm³/mol. The van der Waals surface area contributed by atoms with Crippen molar-refractivity contribution >= 4 is 18.3 Å². The zero-order valence-electron chi connectivity index (χ0n) is 18.9. The number of carbonyl (C=O) groups excluding carboxylic acids is 3. The Balaban J connectivity index is 2.03. The minimum Gasteiger partial charge on any atom is -0.449 e. The molecule has 0 saturated heterocycles. The summed E-state index contributed by atoms with van der Waals surface area (Å²) in [5, 5.41) is 0. The monoisotopic (exact) mass is 442 g/mol. The number of rotatable bonds is 3. The first kappa shape index (κ1) is 23.1. The standard InChI is InChI=1S/C24H26O8/c1-23(2,3)31-21(26)28-15-12-13-16(29-22(27)32-24(4,5)6)18-17(15)19(30-20(18)25)14-10-8-7-9-11-14/h7-13,19H,1-6H3. The fourth-order valence-corrected chi connectivity index (χ4v) is 3.03. The molecule has 0 N–H and O–H groups in total. The van der Waals surface area contributed by atoms with E-state index in [-0.39, 0.29) is 22.6 Å². The molecule has 0 spiro atoms. The lowest BCUT2D eigenvalue weighted by molar-refractivity contribution is 0.0183. The van der Waals surface area contributed by atoms with Crippen molar-refractivity contribution in [3.8, 4) is 11.5 Å². The van der Waals surface area contributed by atoms with E-state index in [0.717, 1.165) is 0 Å². The molecule has 2 aromatic carbocycles. The van der Waals surface area contributed by atoms with Crippen molar-refractivity contribution in [3.63, 3.8) is 0 Å². The molecule has 8 heteroatoms. The second kappa shape index (κ2) is 8.53. The third kappa shape index (κ3) is 5.57. The van der Waals surface area contributed by atoms with Crippen molar-refractivity contribution in [1.82, 2.24) is 0 Å². The Morgan fingerprint density at radius 2 is 1.28 bits per heavy atom. The summed E-state index contributed by atoms with van der Waals surface area (Å²) in [7, 11) is 0. The third-order valence-corrected chi connectivity index (χ3v) is 4.13. The largest absolute Gasteiger partial charge is 0.514 e. The van der Waals surface area contributed by atoms with Gasteiger partial charge in [-0.05, 0) is 59.2 Å². The van der Waals surface area contributed by atoms with Gasteiger partial charge in [-0.2, -0.15) is 0 Å². The van der Waals surface area contributed by atoms with Gasteiger partial charge in [-0.25, -0.2) is 14.4 Å². The zero-order chi connectivity index (χ0) is 23.7. The third-order valence-electron chi connectivity index (χ3n) is 4.13. The maximum absolute atomic E-state index is 12.8. The average Bonchev–Trinajstić information content (AvgIpc) is 2.99. The van der Waals surface area contributed by atoms with E-state index in [1.807, 2.05) is 6.07 Å². The summed E-state index contributed by atoms with van der Waals surface area (Å²) in [6.45, 7) is 10.2. The summed E-state index contributed by atoms with van der Waals surface area (Å²) >= 11 is 0. The number of fused-ring (bicyclic) bond motifs is 1. The molecule has 8 nitrogen and oxygen atoms in total. The van der Waals surface area contributed by atoms with Crippen LogP contribution in [-0.4, -0.2) is 29.5 Å². The Labute approximate surface area is 186 Å². The summed E-state index contributed by atoms with van der Waals surface area (Å²) in [4.78, 5) is 37.3. The van der Waals surface area contributed by atoms with Crippen LogP contribution in [-0.2, 0) is 14.2 Å². The molecule has 0 bridgehead atoms. The van der Waals surface area contributed by atoms with Gasteiger partial charge in [0.15, 0.2) is 6.10 Å². The first-order chi connectivity index (χ1) is 14.8. The van der Waals surface area contributed by atoms with Gasteiger partial charge in [-0.3, -0.25) is 0 Å². The molecule has 1 atom stereocenters. The molecular formula is C24H26O8. The highest BCUT2D eigenvalue weighted by molar-refractivity contribution is 5.99. The molecule has 0 aliphatic carbocycles. The molecule has 1 aliphatic rings. The second-order valence-electron chi connectivity index (χ2n) is 9.18. The number of ether oxygens (including phenoxy) is 5. The van der Waals surface area contributed by atoms with Crippen LogP contribution in [0, 0.1) is 0 Å². The number of hydrogen-bond acceptors (Lipinski definition) is 8.